The summed E-state index contributed by atoms with van der Waals surface area (Å²) in [6.07, 6.45) is 5.23. The zero-order valence-electron chi connectivity index (χ0n) is 9.53. The highest BCUT2D eigenvalue weighted by atomic mass is 35.5. The van der Waals surface area contributed by atoms with E-state index in [1.54, 1.807) is 13.2 Å². The highest BCUT2D eigenvalue weighted by Crippen LogP contribution is 2.26. The molecule has 1 aliphatic rings. The Morgan fingerprint density at radius 3 is 2.94 bits per heavy atom. The van der Waals surface area contributed by atoms with Crippen molar-refractivity contribution < 1.29 is 4.74 Å². The number of halogens is 1. The number of nitrogens with zero attached hydrogens (tertiary/aromatic N) is 2. The van der Waals surface area contributed by atoms with Gasteiger partial charge in [-0.2, -0.15) is 0 Å². The third-order valence-electron chi connectivity index (χ3n) is 2.57. The van der Waals surface area contributed by atoms with Crippen LogP contribution in [-0.2, 0) is 11.2 Å². The van der Waals surface area contributed by atoms with E-state index in [0.717, 1.165) is 30.4 Å². The molecule has 1 fully saturated rings. The second-order valence-corrected chi connectivity index (χ2v) is 4.25. The fourth-order valence-corrected chi connectivity index (χ4v) is 1.71. The first kappa shape index (κ1) is 11.4. The molecule has 0 atom stereocenters. The topological polar surface area (TPSA) is 34.5 Å². The Bertz CT molecular complexity index is 413. The first-order valence-electron chi connectivity index (χ1n) is 5.52. The van der Waals surface area contributed by atoms with Gasteiger partial charge < -0.3 is 4.74 Å². The van der Waals surface area contributed by atoms with Crippen molar-refractivity contribution in [3.63, 3.8) is 0 Å². The van der Waals surface area contributed by atoms with Crippen molar-refractivity contribution in [3.05, 3.63) is 28.5 Å². The second-order valence-electron chi connectivity index (χ2n) is 3.86. The van der Waals surface area contributed by atoms with E-state index in [0.29, 0.717) is 17.2 Å². The van der Waals surface area contributed by atoms with Gasteiger partial charge in [0.15, 0.2) is 0 Å². The summed E-state index contributed by atoms with van der Waals surface area (Å²) in [7, 11) is 1.74. The van der Waals surface area contributed by atoms with Crippen molar-refractivity contribution in [1.29, 1.82) is 0 Å². The molecule has 0 aliphatic heterocycles. The van der Waals surface area contributed by atoms with E-state index in [1.165, 1.54) is 0 Å². The third-order valence-corrected chi connectivity index (χ3v) is 2.78. The summed E-state index contributed by atoms with van der Waals surface area (Å²) in [6, 6.07) is 1.87. The molecule has 0 N–H and O–H groups in total. The summed E-state index contributed by atoms with van der Waals surface area (Å²) in [5, 5.41) is 0.516. The molecule has 0 unspecified atom stereocenters. The predicted molar refractivity (Wildman–Crippen MR) is 65.2 cm³/mol. The van der Waals surface area contributed by atoms with Crippen molar-refractivity contribution in [2.24, 2.45) is 4.99 Å². The molecule has 1 saturated carbocycles. The maximum Gasteiger partial charge on any atom is 0.217 e. The molecule has 0 bridgehead atoms. The molecule has 3 nitrogen and oxygen atoms in total. The molecule has 1 aliphatic carbocycles. The first-order valence-corrected chi connectivity index (χ1v) is 5.90. The van der Waals surface area contributed by atoms with E-state index in [9.17, 15) is 0 Å². The summed E-state index contributed by atoms with van der Waals surface area (Å²) in [6.45, 7) is 2.08. The Labute approximate surface area is 101 Å². The van der Waals surface area contributed by atoms with Crippen molar-refractivity contribution >= 4 is 17.5 Å². The molecule has 86 valence electrons. The summed E-state index contributed by atoms with van der Waals surface area (Å²) in [4.78, 5) is 8.28. The SMILES string of the molecule is CCc1cc(Cl)ncc1C(=NC)OC1CC1. The van der Waals surface area contributed by atoms with Crippen LogP contribution in [0.1, 0.15) is 30.9 Å². The van der Waals surface area contributed by atoms with Gasteiger partial charge in [0.05, 0.1) is 5.56 Å². The average molecular weight is 239 g/mol. The van der Waals surface area contributed by atoms with E-state index in [4.69, 9.17) is 16.3 Å². The average Bonchev–Trinajstić information content (AvgIpc) is 3.10. The molecule has 4 heteroatoms. The number of rotatable bonds is 3. The van der Waals surface area contributed by atoms with Gasteiger partial charge in [-0.15, -0.1) is 0 Å². The Morgan fingerprint density at radius 1 is 1.62 bits per heavy atom. The van der Waals surface area contributed by atoms with Crippen molar-refractivity contribution in [1.82, 2.24) is 4.98 Å². The molecule has 0 radical (unpaired) electrons. The molecular formula is C12H15ClN2O. The van der Waals surface area contributed by atoms with Crippen molar-refractivity contribution in [3.8, 4) is 0 Å². The van der Waals surface area contributed by atoms with E-state index in [1.807, 2.05) is 6.07 Å². The number of aryl methyl sites for hydroxylation is 1. The van der Waals surface area contributed by atoms with Crippen LogP contribution in [-0.4, -0.2) is 24.0 Å². The van der Waals surface area contributed by atoms with Gasteiger partial charge in [0.25, 0.3) is 0 Å². The Balaban J connectivity index is 2.28. The van der Waals surface area contributed by atoms with Crippen molar-refractivity contribution in [2.45, 2.75) is 32.3 Å². The number of hydrogen-bond donors (Lipinski definition) is 0. The van der Waals surface area contributed by atoms with Gasteiger partial charge >= 0.3 is 0 Å². The zero-order valence-corrected chi connectivity index (χ0v) is 10.3. The van der Waals surface area contributed by atoms with Gasteiger partial charge in [-0.1, -0.05) is 18.5 Å². The first-order chi connectivity index (χ1) is 7.74. The molecule has 1 heterocycles. The molecule has 1 aromatic rings. The lowest BCUT2D eigenvalue weighted by molar-refractivity contribution is 0.290. The molecule has 2 rings (SSSR count). The van der Waals surface area contributed by atoms with E-state index < -0.39 is 0 Å². The highest BCUT2D eigenvalue weighted by Gasteiger charge is 2.26. The van der Waals surface area contributed by atoms with Gasteiger partial charge in [0.1, 0.15) is 11.3 Å². The van der Waals surface area contributed by atoms with Crippen LogP contribution in [0.5, 0.6) is 0 Å². The van der Waals surface area contributed by atoms with Crippen LogP contribution < -0.4 is 0 Å². The summed E-state index contributed by atoms with van der Waals surface area (Å²) < 4.78 is 5.75. The minimum atomic E-state index is 0.346. The zero-order chi connectivity index (χ0) is 11.5. The molecular weight excluding hydrogens is 224 g/mol. The quantitative estimate of drug-likeness (QED) is 0.461. The number of aromatic nitrogens is 1. The van der Waals surface area contributed by atoms with Gasteiger partial charge in [-0.3, -0.25) is 4.99 Å². The fraction of sp³-hybridized carbons (Fsp3) is 0.500. The third kappa shape index (κ3) is 2.53. The number of hydrogen-bond acceptors (Lipinski definition) is 3. The van der Waals surface area contributed by atoms with E-state index in [-0.39, 0.29) is 0 Å². The minimum Gasteiger partial charge on any atom is -0.474 e. The van der Waals surface area contributed by atoms with Gasteiger partial charge in [0, 0.05) is 13.2 Å². The monoisotopic (exact) mass is 238 g/mol. The molecule has 0 aromatic carbocycles. The Morgan fingerprint density at radius 2 is 2.38 bits per heavy atom. The molecule has 0 spiro atoms. The lowest BCUT2D eigenvalue weighted by atomic mass is 10.1. The van der Waals surface area contributed by atoms with Crippen LogP contribution in [0.4, 0.5) is 0 Å². The maximum absolute atomic E-state index is 5.87. The van der Waals surface area contributed by atoms with Crippen molar-refractivity contribution in [2.75, 3.05) is 7.05 Å². The van der Waals surface area contributed by atoms with Crippen LogP contribution in [0.2, 0.25) is 5.15 Å². The van der Waals surface area contributed by atoms with E-state index >= 15 is 0 Å². The Kier molecular flexibility index (Phi) is 3.44. The Hall–Kier alpha value is -1.09. The fourth-order valence-electron chi connectivity index (χ4n) is 1.53. The predicted octanol–water partition coefficient (Wildman–Crippen LogP) is 2.85. The number of pyridine rings is 1. The smallest absolute Gasteiger partial charge is 0.217 e. The van der Waals surface area contributed by atoms with Gasteiger partial charge in [-0.05, 0) is 30.9 Å². The van der Waals surface area contributed by atoms with Gasteiger partial charge in [0.2, 0.25) is 5.90 Å². The molecule has 1 aromatic heterocycles. The molecule has 0 saturated heterocycles. The second kappa shape index (κ2) is 4.83. The summed E-state index contributed by atoms with van der Waals surface area (Å²) in [5.41, 5.74) is 2.09. The summed E-state index contributed by atoms with van der Waals surface area (Å²) in [5.74, 6) is 0.684. The lowest BCUT2D eigenvalue weighted by Gasteiger charge is -2.11. The van der Waals surface area contributed by atoms with Crippen LogP contribution >= 0.6 is 11.6 Å². The van der Waals surface area contributed by atoms with E-state index in [2.05, 4.69) is 16.9 Å². The molecule has 16 heavy (non-hydrogen) atoms. The van der Waals surface area contributed by atoms with Crippen LogP contribution in [0.15, 0.2) is 17.3 Å². The lowest BCUT2D eigenvalue weighted by Crippen LogP contribution is -2.11. The number of aliphatic imine (C=N–C) groups is 1. The normalized spacial score (nSPS) is 16.3. The highest BCUT2D eigenvalue weighted by molar-refractivity contribution is 6.29. The van der Waals surface area contributed by atoms with Gasteiger partial charge in [-0.25, -0.2) is 4.98 Å². The standard InChI is InChI=1S/C12H15ClN2O/c1-3-8-6-11(13)15-7-10(8)12(14-2)16-9-4-5-9/h6-7,9H,3-5H2,1-2H3. The number of ether oxygens (including phenoxy) is 1. The minimum absolute atomic E-state index is 0.346. The van der Waals surface area contributed by atoms with Crippen LogP contribution in [0, 0.1) is 0 Å². The van der Waals surface area contributed by atoms with Crippen LogP contribution in [0.3, 0.4) is 0 Å². The maximum atomic E-state index is 5.87. The molecule has 0 amide bonds. The van der Waals surface area contributed by atoms with Crippen LogP contribution in [0.25, 0.3) is 0 Å². The largest absolute Gasteiger partial charge is 0.474 e. The summed E-state index contributed by atoms with van der Waals surface area (Å²) >= 11 is 5.87.